The molecule has 0 saturated heterocycles. The average molecular weight is 314 g/mol. The molecule has 2 N–H and O–H groups in total. The molecule has 0 amide bonds. The van der Waals surface area contributed by atoms with Crippen molar-refractivity contribution in [1.82, 2.24) is 10.0 Å². The highest BCUT2D eigenvalue weighted by Crippen LogP contribution is 2.29. The van der Waals surface area contributed by atoms with Crippen LogP contribution in [0.2, 0.25) is 0 Å². The normalized spacial score (nSPS) is 18.6. The van der Waals surface area contributed by atoms with Crippen LogP contribution in [-0.2, 0) is 16.6 Å². The molecule has 0 bridgehead atoms. The minimum atomic E-state index is -3.83. The largest absolute Gasteiger partial charge is 0.316 e. The van der Waals surface area contributed by atoms with Crippen LogP contribution in [0.5, 0.6) is 0 Å². The van der Waals surface area contributed by atoms with E-state index in [-0.39, 0.29) is 4.90 Å². The molecular weight excluding hydrogens is 291 g/mol. The molecule has 0 radical (unpaired) electrons. The lowest BCUT2D eigenvalue weighted by atomic mass is 9.84. The molecule has 1 aromatic carbocycles. The maximum atomic E-state index is 14.1. The summed E-state index contributed by atoms with van der Waals surface area (Å²) in [5.41, 5.74) is 0.255. The van der Waals surface area contributed by atoms with Crippen molar-refractivity contribution in [3.63, 3.8) is 0 Å². The molecule has 0 spiro atoms. The van der Waals surface area contributed by atoms with Crippen LogP contribution in [0, 0.1) is 5.82 Å². The highest BCUT2D eigenvalue weighted by Gasteiger charge is 2.33. The second-order valence-corrected chi connectivity index (χ2v) is 7.67. The van der Waals surface area contributed by atoms with Crippen LogP contribution in [0.1, 0.15) is 44.6 Å². The quantitative estimate of drug-likeness (QED) is 0.878. The van der Waals surface area contributed by atoms with Gasteiger partial charge in [0.2, 0.25) is 10.0 Å². The summed E-state index contributed by atoms with van der Waals surface area (Å²) in [4.78, 5) is -0.269. The van der Waals surface area contributed by atoms with Gasteiger partial charge in [0, 0.05) is 12.1 Å². The van der Waals surface area contributed by atoms with Crippen LogP contribution in [0.15, 0.2) is 23.1 Å². The van der Waals surface area contributed by atoms with Gasteiger partial charge in [-0.25, -0.2) is 17.5 Å². The lowest BCUT2D eigenvalue weighted by molar-refractivity contribution is 0.293. The Hall–Kier alpha value is -0.980. The van der Waals surface area contributed by atoms with Crippen molar-refractivity contribution in [2.24, 2.45) is 0 Å². The SMILES string of the molecule is CNCc1ccc(S(=O)(=O)NC2(C)CCCCC2)c(F)c1. The van der Waals surface area contributed by atoms with Crippen molar-refractivity contribution in [3.05, 3.63) is 29.6 Å². The van der Waals surface area contributed by atoms with Crippen molar-refractivity contribution < 1.29 is 12.8 Å². The maximum absolute atomic E-state index is 14.1. The van der Waals surface area contributed by atoms with Gasteiger partial charge in [0.15, 0.2) is 0 Å². The van der Waals surface area contributed by atoms with Crippen LogP contribution in [0.3, 0.4) is 0 Å². The van der Waals surface area contributed by atoms with Gasteiger partial charge in [-0.3, -0.25) is 0 Å². The molecule has 0 heterocycles. The number of sulfonamides is 1. The Morgan fingerprint density at radius 3 is 2.48 bits per heavy atom. The fourth-order valence-corrected chi connectivity index (χ4v) is 4.42. The van der Waals surface area contributed by atoms with E-state index in [0.717, 1.165) is 37.7 Å². The fourth-order valence-electron chi connectivity index (χ4n) is 2.89. The number of hydrogen-bond acceptors (Lipinski definition) is 3. The van der Waals surface area contributed by atoms with Crippen LogP contribution < -0.4 is 10.0 Å². The van der Waals surface area contributed by atoms with E-state index in [0.29, 0.717) is 6.54 Å². The molecule has 0 aromatic heterocycles. The van der Waals surface area contributed by atoms with E-state index in [1.807, 2.05) is 6.92 Å². The van der Waals surface area contributed by atoms with Crippen molar-refractivity contribution in [2.45, 2.75) is 56.0 Å². The fraction of sp³-hybridized carbons (Fsp3) is 0.600. The predicted molar refractivity (Wildman–Crippen MR) is 81.0 cm³/mol. The first-order valence-electron chi connectivity index (χ1n) is 7.33. The first-order valence-corrected chi connectivity index (χ1v) is 8.82. The Bertz CT molecular complexity index is 596. The third-order valence-electron chi connectivity index (χ3n) is 4.00. The first-order chi connectivity index (χ1) is 9.86. The van der Waals surface area contributed by atoms with Gasteiger partial charge >= 0.3 is 0 Å². The molecular formula is C15H23FN2O2S. The number of halogens is 1. The van der Waals surface area contributed by atoms with E-state index in [1.54, 1.807) is 13.1 Å². The van der Waals surface area contributed by atoms with E-state index < -0.39 is 21.4 Å². The van der Waals surface area contributed by atoms with Crippen molar-refractivity contribution in [1.29, 1.82) is 0 Å². The monoisotopic (exact) mass is 314 g/mol. The van der Waals surface area contributed by atoms with E-state index in [2.05, 4.69) is 10.0 Å². The summed E-state index contributed by atoms with van der Waals surface area (Å²) in [7, 11) is -2.07. The second-order valence-electron chi connectivity index (χ2n) is 6.02. The molecule has 0 aliphatic heterocycles. The highest BCUT2D eigenvalue weighted by molar-refractivity contribution is 7.89. The summed E-state index contributed by atoms with van der Waals surface area (Å²) in [5, 5.41) is 2.91. The summed E-state index contributed by atoms with van der Waals surface area (Å²) in [6.07, 6.45) is 4.73. The second kappa shape index (κ2) is 6.42. The van der Waals surface area contributed by atoms with E-state index in [1.165, 1.54) is 12.1 Å². The zero-order valence-electron chi connectivity index (χ0n) is 12.6. The molecule has 0 unspecified atom stereocenters. The van der Waals surface area contributed by atoms with Crippen molar-refractivity contribution in [3.8, 4) is 0 Å². The molecule has 21 heavy (non-hydrogen) atoms. The van der Waals surface area contributed by atoms with Gasteiger partial charge in [-0.15, -0.1) is 0 Å². The highest BCUT2D eigenvalue weighted by atomic mass is 32.2. The number of benzene rings is 1. The Balaban J connectivity index is 2.23. The number of rotatable bonds is 5. The number of nitrogens with one attached hydrogen (secondary N) is 2. The molecule has 118 valence electrons. The van der Waals surface area contributed by atoms with Gasteiger partial charge in [0.1, 0.15) is 10.7 Å². The topological polar surface area (TPSA) is 58.2 Å². The Morgan fingerprint density at radius 2 is 1.90 bits per heavy atom. The lowest BCUT2D eigenvalue weighted by Gasteiger charge is -2.34. The van der Waals surface area contributed by atoms with Crippen LogP contribution in [0.25, 0.3) is 0 Å². The van der Waals surface area contributed by atoms with E-state index >= 15 is 0 Å². The summed E-state index contributed by atoms with van der Waals surface area (Å²) in [6, 6.07) is 4.25. The average Bonchev–Trinajstić information content (AvgIpc) is 2.38. The minimum Gasteiger partial charge on any atom is -0.316 e. The number of hydrogen-bond donors (Lipinski definition) is 2. The molecule has 0 atom stereocenters. The summed E-state index contributed by atoms with van der Waals surface area (Å²) in [5.74, 6) is -0.699. The maximum Gasteiger partial charge on any atom is 0.243 e. The van der Waals surface area contributed by atoms with Gasteiger partial charge < -0.3 is 5.32 Å². The smallest absolute Gasteiger partial charge is 0.243 e. The Morgan fingerprint density at radius 1 is 1.24 bits per heavy atom. The van der Waals surface area contributed by atoms with Gasteiger partial charge in [-0.1, -0.05) is 25.3 Å². The Kier molecular flexibility index (Phi) is 5.01. The summed E-state index contributed by atoms with van der Waals surface area (Å²) in [6.45, 7) is 2.40. The molecule has 4 nitrogen and oxygen atoms in total. The molecule has 1 aliphatic rings. The summed E-state index contributed by atoms with van der Waals surface area (Å²) >= 11 is 0. The van der Waals surface area contributed by atoms with Gasteiger partial charge in [-0.05, 0) is 44.5 Å². The molecule has 6 heteroatoms. The summed E-state index contributed by atoms with van der Waals surface area (Å²) < 4.78 is 41.7. The molecule has 1 saturated carbocycles. The van der Waals surface area contributed by atoms with Crippen LogP contribution in [-0.4, -0.2) is 21.0 Å². The molecule has 1 aromatic rings. The Labute approximate surface area is 126 Å². The zero-order valence-corrected chi connectivity index (χ0v) is 13.4. The standard InChI is InChI=1S/C15H23FN2O2S/c1-15(8-4-3-5-9-15)18-21(19,20)14-7-6-12(11-17-2)10-13(14)16/h6-7,10,17-18H,3-5,8-9,11H2,1-2H3. The van der Waals surface area contributed by atoms with Crippen molar-refractivity contribution in [2.75, 3.05) is 7.05 Å². The van der Waals surface area contributed by atoms with E-state index in [4.69, 9.17) is 0 Å². The molecule has 1 aliphatic carbocycles. The van der Waals surface area contributed by atoms with Crippen LogP contribution >= 0.6 is 0 Å². The van der Waals surface area contributed by atoms with Gasteiger partial charge in [-0.2, -0.15) is 0 Å². The minimum absolute atomic E-state index is 0.269. The zero-order chi connectivity index (χ0) is 15.5. The van der Waals surface area contributed by atoms with Crippen LogP contribution in [0.4, 0.5) is 4.39 Å². The lowest BCUT2D eigenvalue weighted by Crippen LogP contribution is -2.47. The van der Waals surface area contributed by atoms with Gasteiger partial charge in [0.05, 0.1) is 0 Å². The third-order valence-corrected chi connectivity index (χ3v) is 5.68. The third kappa shape index (κ3) is 4.02. The first kappa shape index (κ1) is 16.4. The van der Waals surface area contributed by atoms with Gasteiger partial charge in [0.25, 0.3) is 0 Å². The van der Waals surface area contributed by atoms with E-state index in [9.17, 15) is 12.8 Å². The molecule has 2 rings (SSSR count). The van der Waals surface area contributed by atoms with Crippen molar-refractivity contribution >= 4 is 10.0 Å². The predicted octanol–water partition coefficient (Wildman–Crippen LogP) is 2.55. The molecule has 1 fully saturated rings.